The van der Waals surface area contributed by atoms with Crippen molar-refractivity contribution in [2.45, 2.75) is 6.04 Å². The molecule has 3 rings (SSSR count). The summed E-state index contributed by atoms with van der Waals surface area (Å²) in [5.74, 6) is 0.626. The fourth-order valence-corrected chi connectivity index (χ4v) is 2.39. The third kappa shape index (κ3) is 2.46. The van der Waals surface area contributed by atoms with Gasteiger partial charge in [-0.05, 0) is 34.1 Å². The Morgan fingerprint density at radius 1 is 1.26 bits per heavy atom. The molecular weight excluding hydrogens is 308 g/mol. The molecule has 1 aromatic heterocycles. The number of amides is 1. The summed E-state index contributed by atoms with van der Waals surface area (Å²) in [4.78, 5) is 16.2. The van der Waals surface area contributed by atoms with E-state index in [1.165, 1.54) is 0 Å². The van der Waals surface area contributed by atoms with E-state index in [9.17, 15) is 4.79 Å². The van der Waals surface area contributed by atoms with Crippen LogP contribution in [0, 0.1) is 0 Å². The molecular formula is C14H11BrN2O2. The number of ether oxygens (including phenoxy) is 1. The summed E-state index contributed by atoms with van der Waals surface area (Å²) in [6, 6.07) is 12.8. The Balaban J connectivity index is 1.78. The topological polar surface area (TPSA) is 51.2 Å². The molecule has 1 aromatic carbocycles. The lowest BCUT2D eigenvalue weighted by atomic mass is 10.1. The van der Waals surface area contributed by atoms with Crippen LogP contribution in [0.25, 0.3) is 0 Å². The Labute approximate surface area is 118 Å². The van der Waals surface area contributed by atoms with E-state index in [-0.39, 0.29) is 11.9 Å². The lowest BCUT2D eigenvalue weighted by Crippen LogP contribution is -2.30. The van der Waals surface area contributed by atoms with Gasteiger partial charge in [0.05, 0.1) is 6.04 Å². The minimum absolute atomic E-state index is 0.121. The second kappa shape index (κ2) is 5.01. The Bertz CT molecular complexity index is 630. The van der Waals surface area contributed by atoms with E-state index in [1.54, 1.807) is 18.2 Å². The minimum atomic E-state index is -0.202. The number of halogens is 1. The van der Waals surface area contributed by atoms with E-state index in [4.69, 9.17) is 4.74 Å². The van der Waals surface area contributed by atoms with Gasteiger partial charge in [-0.15, -0.1) is 0 Å². The number of aromatic nitrogens is 1. The SMILES string of the molecule is O=C(NC1COc2ccccc21)c1cccc(Br)n1. The zero-order chi connectivity index (χ0) is 13.2. The third-order valence-corrected chi connectivity index (χ3v) is 3.39. The highest BCUT2D eigenvalue weighted by atomic mass is 79.9. The zero-order valence-corrected chi connectivity index (χ0v) is 11.6. The van der Waals surface area contributed by atoms with Crippen LogP contribution in [0.2, 0.25) is 0 Å². The fourth-order valence-electron chi connectivity index (χ4n) is 2.05. The predicted molar refractivity (Wildman–Crippen MR) is 74.1 cm³/mol. The number of pyridine rings is 1. The van der Waals surface area contributed by atoms with E-state index in [2.05, 4.69) is 26.2 Å². The lowest BCUT2D eigenvalue weighted by Gasteiger charge is -2.11. The summed E-state index contributed by atoms with van der Waals surface area (Å²) < 4.78 is 6.17. The molecule has 1 aliphatic rings. The zero-order valence-electron chi connectivity index (χ0n) is 9.97. The van der Waals surface area contributed by atoms with Crippen LogP contribution in [0.5, 0.6) is 5.75 Å². The lowest BCUT2D eigenvalue weighted by molar-refractivity contribution is 0.0925. The predicted octanol–water partition coefficient (Wildman–Crippen LogP) is 2.71. The first-order valence-electron chi connectivity index (χ1n) is 5.89. The van der Waals surface area contributed by atoms with Crippen LogP contribution in [0.15, 0.2) is 47.1 Å². The molecule has 2 heterocycles. The second-order valence-electron chi connectivity index (χ2n) is 4.22. The van der Waals surface area contributed by atoms with Gasteiger partial charge in [0, 0.05) is 5.56 Å². The van der Waals surface area contributed by atoms with Gasteiger partial charge in [-0.2, -0.15) is 0 Å². The Morgan fingerprint density at radius 3 is 2.95 bits per heavy atom. The number of hydrogen-bond donors (Lipinski definition) is 1. The molecule has 1 aliphatic heterocycles. The molecule has 0 aliphatic carbocycles. The van der Waals surface area contributed by atoms with Crippen molar-refractivity contribution < 1.29 is 9.53 Å². The summed E-state index contributed by atoms with van der Waals surface area (Å²) in [7, 11) is 0. The van der Waals surface area contributed by atoms with E-state index in [1.807, 2.05) is 24.3 Å². The first-order chi connectivity index (χ1) is 9.24. The maximum atomic E-state index is 12.1. The van der Waals surface area contributed by atoms with Crippen LogP contribution in [-0.2, 0) is 0 Å². The fraction of sp³-hybridized carbons (Fsp3) is 0.143. The standard InChI is InChI=1S/C14H11BrN2O2/c15-13-7-3-5-10(16-13)14(18)17-11-8-19-12-6-2-1-4-9(11)12/h1-7,11H,8H2,(H,17,18). The molecule has 0 saturated heterocycles. The van der Waals surface area contributed by atoms with Gasteiger partial charge in [-0.1, -0.05) is 24.3 Å². The summed E-state index contributed by atoms with van der Waals surface area (Å²) >= 11 is 3.25. The highest BCUT2D eigenvalue weighted by molar-refractivity contribution is 9.10. The molecule has 0 bridgehead atoms. The number of carbonyl (C=O) groups excluding carboxylic acids is 1. The molecule has 19 heavy (non-hydrogen) atoms. The van der Waals surface area contributed by atoms with Crippen molar-refractivity contribution in [3.63, 3.8) is 0 Å². The molecule has 1 atom stereocenters. The second-order valence-corrected chi connectivity index (χ2v) is 5.03. The van der Waals surface area contributed by atoms with E-state index < -0.39 is 0 Å². The van der Waals surface area contributed by atoms with Gasteiger partial charge in [-0.25, -0.2) is 4.98 Å². The van der Waals surface area contributed by atoms with Gasteiger partial charge in [0.1, 0.15) is 22.7 Å². The Hall–Kier alpha value is -1.88. The molecule has 0 radical (unpaired) electrons. The summed E-state index contributed by atoms with van der Waals surface area (Å²) in [5.41, 5.74) is 1.39. The number of carbonyl (C=O) groups is 1. The van der Waals surface area contributed by atoms with Crippen molar-refractivity contribution in [3.8, 4) is 5.75 Å². The Kier molecular flexibility index (Phi) is 3.21. The van der Waals surface area contributed by atoms with Gasteiger partial charge >= 0.3 is 0 Å². The summed E-state index contributed by atoms with van der Waals surface area (Å²) in [5, 5.41) is 2.93. The van der Waals surface area contributed by atoms with Crippen LogP contribution < -0.4 is 10.1 Å². The van der Waals surface area contributed by atoms with Crippen LogP contribution >= 0.6 is 15.9 Å². The first-order valence-corrected chi connectivity index (χ1v) is 6.68. The van der Waals surface area contributed by atoms with Crippen molar-refractivity contribution in [1.29, 1.82) is 0 Å². The molecule has 4 nitrogen and oxygen atoms in total. The molecule has 1 amide bonds. The maximum Gasteiger partial charge on any atom is 0.270 e. The molecule has 0 saturated carbocycles. The molecule has 0 fully saturated rings. The quantitative estimate of drug-likeness (QED) is 0.866. The van der Waals surface area contributed by atoms with Crippen LogP contribution in [0.3, 0.4) is 0 Å². The normalized spacial score (nSPS) is 16.6. The van der Waals surface area contributed by atoms with E-state index >= 15 is 0 Å². The summed E-state index contributed by atoms with van der Waals surface area (Å²) in [6.07, 6.45) is 0. The minimum Gasteiger partial charge on any atom is -0.491 e. The monoisotopic (exact) mass is 318 g/mol. The van der Waals surface area contributed by atoms with Crippen LogP contribution in [0.4, 0.5) is 0 Å². The number of nitrogens with one attached hydrogen (secondary N) is 1. The number of hydrogen-bond acceptors (Lipinski definition) is 3. The van der Waals surface area contributed by atoms with Gasteiger partial charge in [0.15, 0.2) is 0 Å². The Morgan fingerprint density at radius 2 is 2.11 bits per heavy atom. The molecule has 1 unspecified atom stereocenters. The molecule has 96 valence electrons. The van der Waals surface area contributed by atoms with Crippen molar-refractivity contribution in [3.05, 3.63) is 58.3 Å². The number of rotatable bonds is 2. The van der Waals surface area contributed by atoms with Gasteiger partial charge < -0.3 is 10.1 Å². The molecule has 2 aromatic rings. The number of para-hydroxylation sites is 1. The third-order valence-electron chi connectivity index (χ3n) is 2.95. The first kappa shape index (κ1) is 12.2. The number of nitrogens with zero attached hydrogens (tertiary/aromatic N) is 1. The van der Waals surface area contributed by atoms with Crippen molar-refractivity contribution in [2.75, 3.05) is 6.61 Å². The molecule has 5 heteroatoms. The van der Waals surface area contributed by atoms with Crippen molar-refractivity contribution in [1.82, 2.24) is 10.3 Å². The summed E-state index contributed by atoms with van der Waals surface area (Å²) in [6.45, 7) is 0.457. The van der Waals surface area contributed by atoms with Crippen molar-refractivity contribution in [2.24, 2.45) is 0 Å². The van der Waals surface area contributed by atoms with Gasteiger partial charge in [0.25, 0.3) is 5.91 Å². The van der Waals surface area contributed by atoms with Crippen molar-refractivity contribution >= 4 is 21.8 Å². The number of fused-ring (bicyclic) bond motifs is 1. The van der Waals surface area contributed by atoms with Gasteiger partial charge in [0.2, 0.25) is 0 Å². The average Bonchev–Trinajstić information content (AvgIpc) is 2.82. The molecule has 1 N–H and O–H groups in total. The molecule has 0 spiro atoms. The van der Waals surface area contributed by atoms with Crippen LogP contribution in [0.1, 0.15) is 22.1 Å². The highest BCUT2D eigenvalue weighted by Gasteiger charge is 2.25. The van der Waals surface area contributed by atoms with E-state index in [0.717, 1.165) is 11.3 Å². The van der Waals surface area contributed by atoms with Crippen LogP contribution in [-0.4, -0.2) is 17.5 Å². The maximum absolute atomic E-state index is 12.1. The smallest absolute Gasteiger partial charge is 0.270 e. The highest BCUT2D eigenvalue weighted by Crippen LogP contribution is 2.31. The number of benzene rings is 1. The van der Waals surface area contributed by atoms with E-state index in [0.29, 0.717) is 16.9 Å². The van der Waals surface area contributed by atoms with Gasteiger partial charge in [-0.3, -0.25) is 4.79 Å². The average molecular weight is 319 g/mol. The largest absolute Gasteiger partial charge is 0.491 e.